The zero-order valence-corrected chi connectivity index (χ0v) is 11.6. The second kappa shape index (κ2) is 5.12. The lowest BCUT2D eigenvalue weighted by molar-refractivity contribution is 0.416. The van der Waals surface area contributed by atoms with E-state index >= 15 is 0 Å². The summed E-state index contributed by atoms with van der Waals surface area (Å²) in [4.78, 5) is 2.42. The van der Waals surface area contributed by atoms with E-state index in [1.807, 2.05) is 0 Å². The minimum absolute atomic E-state index is 0.516. The van der Waals surface area contributed by atoms with Crippen molar-refractivity contribution in [2.45, 2.75) is 39.2 Å². The molecule has 2 rings (SSSR count). The van der Waals surface area contributed by atoms with Crippen molar-refractivity contribution in [1.82, 2.24) is 4.37 Å². The molecule has 1 heterocycles. The fourth-order valence-corrected chi connectivity index (χ4v) is 2.78. The molecule has 0 aromatic carbocycles. The van der Waals surface area contributed by atoms with Crippen molar-refractivity contribution in [3.8, 4) is 5.75 Å². The molecule has 0 radical (unpaired) electrons. The molecule has 1 fully saturated rings. The van der Waals surface area contributed by atoms with E-state index in [-0.39, 0.29) is 0 Å². The zero-order valence-electron chi connectivity index (χ0n) is 10.8. The van der Waals surface area contributed by atoms with Gasteiger partial charge in [-0.05, 0) is 36.7 Å². The highest BCUT2D eigenvalue weighted by Crippen LogP contribution is 2.43. The van der Waals surface area contributed by atoms with Crippen molar-refractivity contribution in [2.24, 2.45) is 5.92 Å². The average Bonchev–Trinajstić information content (AvgIpc) is 3.04. The van der Waals surface area contributed by atoms with Crippen LogP contribution >= 0.6 is 11.5 Å². The molecule has 17 heavy (non-hydrogen) atoms. The molecule has 5 heteroatoms. The molecule has 0 unspecified atom stereocenters. The third kappa shape index (κ3) is 2.83. The van der Waals surface area contributed by atoms with Crippen LogP contribution in [0.1, 0.15) is 33.1 Å². The van der Waals surface area contributed by atoms with Crippen LogP contribution < -0.4 is 15.4 Å². The summed E-state index contributed by atoms with van der Waals surface area (Å²) in [5.41, 5.74) is 5.81. The van der Waals surface area contributed by atoms with E-state index in [1.54, 1.807) is 7.11 Å². The average molecular weight is 255 g/mol. The van der Waals surface area contributed by atoms with E-state index in [2.05, 4.69) is 23.1 Å². The number of anilines is 2. The van der Waals surface area contributed by atoms with Crippen LogP contribution in [0.2, 0.25) is 0 Å². The first-order valence-electron chi connectivity index (χ1n) is 6.19. The monoisotopic (exact) mass is 255 g/mol. The maximum absolute atomic E-state index is 5.81. The third-order valence-corrected chi connectivity index (χ3v) is 3.94. The molecule has 4 nitrogen and oxygen atoms in total. The summed E-state index contributed by atoms with van der Waals surface area (Å²) < 4.78 is 9.56. The van der Waals surface area contributed by atoms with Crippen LogP contribution in [0.15, 0.2) is 0 Å². The van der Waals surface area contributed by atoms with Gasteiger partial charge in [-0.3, -0.25) is 0 Å². The molecule has 1 aliphatic carbocycles. The molecule has 0 saturated heterocycles. The fraction of sp³-hybridized carbons (Fsp3) is 0.750. The van der Waals surface area contributed by atoms with Gasteiger partial charge in [-0.2, -0.15) is 4.37 Å². The lowest BCUT2D eigenvalue weighted by Gasteiger charge is -2.24. The minimum Gasteiger partial charge on any atom is -0.490 e. The summed E-state index contributed by atoms with van der Waals surface area (Å²) in [5, 5.41) is 1.10. The lowest BCUT2D eigenvalue weighted by atomic mass is 10.1. The Bertz CT molecular complexity index is 374. The third-order valence-electron chi connectivity index (χ3n) is 3.06. The van der Waals surface area contributed by atoms with Crippen molar-refractivity contribution < 1.29 is 4.74 Å². The Balaban J connectivity index is 2.14. The molecule has 0 atom stereocenters. The predicted octanol–water partition coefficient (Wildman–Crippen LogP) is 2.75. The van der Waals surface area contributed by atoms with Gasteiger partial charge in [-0.25, -0.2) is 0 Å². The second-order valence-corrected chi connectivity index (χ2v) is 5.77. The van der Waals surface area contributed by atoms with Crippen molar-refractivity contribution >= 4 is 22.4 Å². The van der Waals surface area contributed by atoms with E-state index in [0.717, 1.165) is 17.3 Å². The first-order chi connectivity index (χ1) is 8.13. The molecular formula is C12H21N3OS. The molecule has 0 amide bonds. The number of methoxy groups -OCH3 is 1. The molecule has 1 aromatic rings. The Morgan fingerprint density at radius 1 is 1.53 bits per heavy atom. The number of ether oxygens (including phenoxy) is 1. The van der Waals surface area contributed by atoms with E-state index in [0.29, 0.717) is 17.8 Å². The van der Waals surface area contributed by atoms with Crippen molar-refractivity contribution in [3.05, 3.63) is 0 Å². The standard InChI is InChI=1S/C12H21N3OS/c1-8(2)6-7-15(9-4-5-9)12-10(16-3)11(13)14-17-12/h8-9H,4-7H2,1-3H3,(H2,13,14). The van der Waals surface area contributed by atoms with Crippen LogP contribution in [-0.2, 0) is 0 Å². The first-order valence-corrected chi connectivity index (χ1v) is 6.96. The van der Waals surface area contributed by atoms with Crippen LogP contribution in [0.4, 0.5) is 10.8 Å². The normalized spacial score (nSPS) is 15.3. The zero-order chi connectivity index (χ0) is 12.4. The molecule has 1 aromatic heterocycles. The van der Waals surface area contributed by atoms with Gasteiger partial charge >= 0.3 is 0 Å². The van der Waals surface area contributed by atoms with Gasteiger partial charge in [0.25, 0.3) is 0 Å². The Morgan fingerprint density at radius 2 is 2.24 bits per heavy atom. The largest absolute Gasteiger partial charge is 0.490 e. The highest BCUT2D eigenvalue weighted by Gasteiger charge is 2.32. The van der Waals surface area contributed by atoms with E-state index < -0.39 is 0 Å². The van der Waals surface area contributed by atoms with Crippen LogP contribution in [0.3, 0.4) is 0 Å². The second-order valence-electron chi connectivity index (χ2n) is 5.01. The van der Waals surface area contributed by atoms with Gasteiger partial charge in [0, 0.05) is 12.6 Å². The highest BCUT2D eigenvalue weighted by molar-refractivity contribution is 7.11. The number of rotatable bonds is 6. The van der Waals surface area contributed by atoms with E-state index in [1.165, 1.54) is 30.8 Å². The maximum Gasteiger partial charge on any atom is 0.197 e. The highest BCUT2D eigenvalue weighted by atomic mass is 32.1. The Morgan fingerprint density at radius 3 is 2.76 bits per heavy atom. The van der Waals surface area contributed by atoms with Gasteiger partial charge in [-0.1, -0.05) is 13.8 Å². The van der Waals surface area contributed by atoms with E-state index in [4.69, 9.17) is 10.5 Å². The van der Waals surface area contributed by atoms with Crippen molar-refractivity contribution in [1.29, 1.82) is 0 Å². The number of nitrogen functional groups attached to an aromatic ring is 1. The van der Waals surface area contributed by atoms with Crippen LogP contribution in [0.25, 0.3) is 0 Å². The minimum atomic E-state index is 0.516. The SMILES string of the molecule is COc1c(N)nsc1N(CCC(C)C)C1CC1. The predicted molar refractivity (Wildman–Crippen MR) is 72.9 cm³/mol. The number of nitrogens with zero attached hydrogens (tertiary/aromatic N) is 2. The topological polar surface area (TPSA) is 51.4 Å². The van der Waals surface area contributed by atoms with Gasteiger partial charge in [0.1, 0.15) is 0 Å². The summed E-state index contributed by atoms with van der Waals surface area (Å²) in [7, 11) is 1.66. The molecule has 2 N–H and O–H groups in total. The van der Waals surface area contributed by atoms with Crippen molar-refractivity contribution in [2.75, 3.05) is 24.3 Å². The number of nitrogens with two attached hydrogens (primary N) is 1. The smallest absolute Gasteiger partial charge is 0.197 e. The van der Waals surface area contributed by atoms with Crippen LogP contribution in [-0.4, -0.2) is 24.1 Å². The van der Waals surface area contributed by atoms with Crippen LogP contribution in [0.5, 0.6) is 5.75 Å². The number of hydrogen-bond donors (Lipinski definition) is 1. The summed E-state index contributed by atoms with van der Waals surface area (Å²) in [6, 6.07) is 0.669. The number of aromatic nitrogens is 1. The Labute approximate surface area is 107 Å². The van der Waals surface area contributed by atoms with Gasteiger partial charge < -0.3 is 15.4 Å². The first kappa shape index (κ1) is 12.5. The summed E-state index contributed by atoms with van der Waals surface area (Å²) >= 11 is 1.45. The van der Waals surface area contributed by atoms with Gasteiger partial charge in [0.15, 0.2) is 16.6 Å². The van der Waals surface area contributed by atoms with Gasteiger partial charge in [-0.15, -0.1) is 0 Å². The van der Waals surface area contributed by atoms with Gasteiger partial charge in [0.05, 0.1) is 7.11 Å². The van der Waals surface area contributed by atoms with Gasteiger partial charge in [0.2, 0.25) is 0 Å². The molecule has 0 spiro atoms. The summed E-state index contributed by atoms with van der Waals surface area (Å²) in [6.07, 6.45) is 3.75. The Hall–Kier alpha value is -0.970. The summed E-state index contributed by atoms with van der Waals surface area (Å²) in [6.45, 7) is 5.58. The fourth-order valence-electron chi connectivity index (χ4n) is 1.89. The molecule has 1 aliphatic rings. The maximum atomic E-state index is 5.81. The molecule has 0 aliphatic heterocycles. The van der Waals surface area contributed by atoms with Crippen molar-refractivity contribution in [3.63, 3.8) is 0 Å². The van der Waals surface area contributed by atoms with Crippen LogP contribution in [0, 0.1) is 5.92 Å². The lowest BCUT2D eigenvalue weighted by Crippen LogP contribution is -2.27. The van der Waals surface area contributed by atoms with E-state index in [9.17, 15) is 0 Å². The quantitative estimate of drug-likeness (QED) is 0.849. The molecular weight excluding hydrogens is 234 g/mol. The molecule has 96 valence electrons. The Kier molecular flexibility index (Phi) is 3.76. The summed E-state index contributed by atoms with van der Waals surface area (Å²) in [5.74, 6) is 1.99. The molecule has 0 bridgehead atoms. The molecule has 1 saturated carbocycles. The number of hydrogen-bond acceptors (Lipinski definition) is 5.